The highest BCUT2D eigenvalue weighted by molar-refractivity contribution is 5.85. The van der Waals surface area contributed by atoms with Crippen molar-refractivity contribution < 1.29 is 8.78 Å². The molecule has 4 rings (SSSR count). The van der Waals surface area contributed by atoms with E-state index >= 15 is 0 Å². The van der Waals surface area contributed by atoms with E-state index in [4.69, 9.17) is 5.26 Å². The summed E-state index contributed by atoms with van der Waals surface area (Å²) in [6.45, 7) is 0.543. The first-order chi connectivity index (χ1) is 12.6. The van der Waals surface area contributed by atoms with E-state index in [-0.39, 0.29) is 24.4 Å². The van der Waals surface area contributed by atoms with Gasteiger partial charge in [-0.1, -0.05) is 11.3 Å². The van der Waals surface area contributed by atoms with Crippen LogP contribution < -0.4 is 5.32 Å². The maximum absolute atomic E-state index is 13.3. The lowest BCUT2D eigenvalue weighted by atomic mass is 10.1. The van der Waals surface area contributed by atoms with Crippen LogP contribution in [0, 0.1) is 23.0 Å². The van der Waals surface area contributed by atoms with Gasteiger partial charge in [-0.2, -0.15) is 5.26 Å². The Morgan fingerprint density at radius 2 is 1.93 bits per heavy atom. The molecule has 3 aromatic rings. The molecule has 0 saturated heterocycles. The third-order valence-electron chi connectivity index (χ3n) is 4.51. The summed E-state index contributed by atoms with van der Waals surface area (Å²) in [7, 11) is 0. The van der Waals surface area contributed by atoms with Crippen molar-refractivity contribution in [1.29, 1.82) is 5.26 Å². The van der Waals surface area contributed by atoms with Crippen molar-refractivity contribution in [3.8, 4) is 11.8 Å². The highest BCUT2D eigenvalue weighted by atomic mass is 35.5. The van der Waals surface area contributed by atoms with E-state index in [9.17, 15) is 8.78 Å². The lowest BCUT2D eigenvalue weighted by molar-refractivity contribution is 0.506. The van der Waals surface area contributed by atoms with Crippen molar-refractivity contribution in [2.45, 2.75) is 24.9 Å². The van der Waals surface area contributed by atoms with E-state index in [1.165, 1.54) is 12.1 Å². The van der Waals surface area contributed by atoms with Crippen LogP contribution in [-0.2, 0) is 6.54 Å². The molecule has 1 aromatic heterocycles. The molecule has 1 heterocycles. The minimum Gasteiger partial charge on any atom is -0.308 e. The zero-order valence-corrected chi connectivity index (χ0v) is 15.0. The first kappa shape index (κ1) is 19.0. The SMILES string of the molecule is Cl.N#Cc1ccc(-n2cc(CN[C@@H]3C[C@H]3c3ccc(F)c(F)c3)nn2)cc1. The molecular weight excluding hydrogens is 372 g/mol. The highest BCUT2D eigenvalue weighted by Gasteiger charge is 2.38. The topological polar surface area (TPSA) is 66.5 Å². The fourth-order valence-electron chi connectivity index (χ4n) is 2.96. The molecule has 1 saturated carbocycles. The van der Waals surface area contributed by atoms with Gasteiger partial charge in [-0.25, -0.2) is 13.5 Å². The average molecular weight is 388 g/mol. The Kier molecular flexibility index (Phi) is 5.49. The minimum absolute atomic E-state index is 0. The molecule has 0 unspecified atom stereocenters. The van der Waals surface area contributed by atoms with Crippen LogP contribution in [0.15, 0.2) is 48.7 Å². The number of aromatic nitrogens is 3. The second-order valence-electron chi connectivity index (χ2n) is 6.32. The van der Waals surface area contributed by atoms with Gasteiger partial charge in [0.2, 0.25) is 0 Å². The molecule has 0 spiro atoms. The number of nitrogens with one attached hydrogen (secondary N) is 1. The molecule has 1 fully saturated rings. The Labute approximate surface area is 161 Å². The molecule has 0 aliphatic heterocycles. The van der Waals surface area contributed by atoms with E-state index in [2.05, 4.69) is 21.7 Å². The summed E-state index contributed by atoms with van der Waals surface area (Å²) < 4.78 is 28.0. The van der Waals surface area contributed by atoms with Crippen molar-refractivity contribution in [1.82, 2.24) is 20.3 Å². The number of hydrogen-bond donors (Lipinski definition) is 1. The molecule has 2 aromatic carbocycles. The fraction of sp³-hybridized carbons (Fsp3) is 0.211. The van der Waals surface area contributed by atoms with Crippen LogP contribution in [-0.4, -0.2) is 21.0 Å². The maximum Gasteiger partial charge on any atom is 0.159 e. The molecule has 1 N–H and O–H groups in total. The molecule has 1 aliphatic carbocycles. The number of halogens is 3. The molecule has 2 atom stereocenters. The van der Waals surface area contributed by atoms with Gasteiger partial charge < -0.3 is 5.32 Å². The van der Waals surface area contributed by atoms with E-state index in [1.54, 1.807) is 22.9 Å². The third-order valence-corrected chi connectivity index (χ3v) is 4.51. The highest BCUT2D eigenvalue weighted by Crippen LogP contribution is 2.41. The third kappa shape index (κ3) is 4.13. The Morgan fingerprint density at radius 1 is 1.15 bits per heavy atom. The monoisotopic (exact) mass is 387 g/mol. The lowest BCUT2D eigenvalue weighted by Crippen LogP contribution is -2.17. The Balaban J connectivity index is 0.00000210. The van der Waals surface area contributed by atoms with Gasteiger partial charge in [0.15, 0.2) is 11.6 Å². The second-order valence-corrected chi connectivity index (χ2v) is 6.32. The van der Waals surface area contributed by atoms with Gasteiger partial charge in [0, 0.05) is 18.5 Å². The molecule has 27 heavy (non-hydrogen) atoms. The average Bonchev–Trinajstić information content (AvgIpc) is 3.29. The summed E-state index contributed by atoms with van der Waals surface area (Å²) in [5.41, 5.74) is 3.01. The van der Waals surface area contributed by atoms with Gasteiger partial charge in [-0.05, 0) is 48.4 Å². The quantitative estimate of drug-likeness (QED) is 0.727. The van der Waals surface area contributed by atoms with Crippen molar-refractivity contribution in [3.05, 3.63) is 77.1 Å². The van der Waals surface area contributed by atoms with E-state index in [1.807, 2.05) is 18.3 Å². The van der Waals surface area contributed by atoms with Gasteiger partial charge in [-0.15, -0.1) is 17.5 Å². The summed E-state index contributed by atoms with van der Waals surface area (Å²) in [5, 5.41) is 20.4. The summed E-state index contributed by atoms with van der Waals surface area (Å²) in [5.74, 6) is -1.43. The number of hydrogen-bond acceptors (Lipinski definition) is 4. The van der Waals surface area contributed by atoms with Gasteiger partial charge in [0.25, 0.3) is 0 Å². The molecule has 5 nitrogen and oxygen atoms in total. The number of nitrogens with zero attached hydrogens (tertiary/aromatic N) is 4. The first-order valence-electron chi connectivity index (χ1n) is 8.24. The molecule has 0 radical (unpaired) electrons. The number of nitriles is 1. The zero-order valence-electron chi connectivity index (χ0n) is 14.1. The van der Waals surface area contributed by atoms with Crippen LogP contribution in [0.3, 0.4) is 0 Å². The molecule has 1 aliphatic rings. The number of benzene rings is 2. The smallest absolute Gasteiger partial charge is 0.159 e. The molecule has 138 valence electrons. The largest absolute Gasteiger partial charge is 0.308 e. The number of rotatable bonds is 5. The predicted molar refractivity (Wildman–Crippen MR) is 97.7 cm³/mol. The minimum atomic E-state index is -0.821. The summed E-state index contributed by atoms with van der Waals surface area (Å²) in [6, 6.07) is 13.4. The van der Waals surface area contributed by atoms with Crippen LogP contribution in [0.4, 0.5) is 8.78 Å². The van der Waals surface area contributed by atoms with Crippen LogP contribution in [0.2, 0.25) is 0 Å². The second kappa shape index (κ2) is 7.82. The van der Waals surface area contributed by atoms with E-state index in [0.29, 0.717) is 12.1 Å². The molecule has 8 heteroatoms. The standard InChI is InChI=1S/C19H15F2N5.ClH/c20-17-6-3-13(7-18(17)21)16-8-19(16)23-10-14-11-26(25-24-14)15-4-1-12(9-22)2-5-15;/h1-7,11,16,19,23H,8,10H2;1H/t16-,19+;/m0./s1. The molecule has 0 bridgehead atoms. The van der Waals surface area contributed by atoms with E-state index < -0.39 is 11.6 Å². The fourth-order valence-corrected chi connectivity index (χ4v) is 2.96. The van der Waals surface area contributed by atoms with Crippen molar-refractivity contribution in [2.24, 2.45) is 0 Å². The normalized spacial score (nSPS) is 17.8. The molecule has 0 amide bonds. The zero-order chi connectivity index (χ0) is 18.1. The summed E-state index contributed by atoms with van der Waals surface area (Å²) in [4.78, 5) is 0. The van der Waals surface area contributed by atoms with Gasteiger partial charge in [-0.3, -0.25) is 0 Å². The molecular formula is C19H16ClF2N5. The van der Waals surface area contributed by atoms with Crippen LogP contribution in [0.25, 0.3) is 5.69 Å². The Morgan fingerprint density at radius 3 is 2.63 bits per heavy atom. The van der Waals surface area contributed by atoms with Crippen molar-refractivity contribution in [2.75, 3.05) is 0 Å². The van der Waals surface area contributed by atoms with Crippen molar-refractivity contribution >= 4 is 12.4 Å². The van der Waals surface area contributed by atoms with Gasteiger partial charge >= 0.3 is 0 Å². The van der Waals surface area contributed by atoms with Crippen LogP contribution >= 0.6 is 12.4 Å². The van der Waals surface area contributed by atoms with Crippen LogP contribution in [0.5, 0.6) is 0 Å². The van der Waals surface area contributed by atoms with Crippen molar-refractivity contribution in [3.63, 3.8) is 0 Å². The van der Waals surface area contributed by atoms with Crippen LogP contribution in [0.1, 0.15) is 29.2 Å². The summed E-state index contributed by atoms with van der Waals surface area (Å²) >= 11 is 0. The Hall–Kier alpha value is -2.82. The van der Waals surface area contributed by atoms with E-state index in [0.717, 1.165) is 23.4 Å². The predicted octanol–water partition coefficient (Wildman–Crippen LogP) is 3.48. The maximum atomic E-state index is 13.3. The van der Waals surface area contributed by atoms with Gasteiger partial charge in [0.1, 0.15) is 0 Å². The summed E-state index contributed by atoms with van der Waals surface area (Å²) in [6.07, 6.45) is 2.71. The first-order valence-corrected chi connectivity index (χ1v) is 8.24. The Bertz CT molecular complexity index is 981. The van der Waals surface area contributed by atoms with Gasteiger partial charge in [0.05, 0.1) is 29.2 Å². The lowest BCUT2D eigenvalue weighted by Gasteiger charge is -2.03.